The Balaban J connectivity index is 1.79. The van der Waals surface area contributed by atoms with Crippen LogP contribution in [0.5, 0.6) is 5.75 Å². The van der Waals surface area contributed by atoms with Crippen molar-refractivity contribution in [1.82, 2.24) is 0 Å². The molecule has 150 valence electrons. The van der Waals surface area contributed by atoms with Gasteiger partial charge in [0.25, 0.3) is 5.91 Å². The predicted molar refractivity (Wildman–Crippen MR) is 118 cm³/mol. The van der Waals surface area contributed by atoms with Gasteiger partial charge in [-0.2, -0.15) is 0 Å². The number of para-hydroxylation sites is 1. The first-order chi connectivity index (χ1) is 14.7. The Morgan fingerprint density at radius 2 is 1.80 bits per heavy atom. The topological polar surface area (TPSA) is 63.8 Å². The van der Waals surface area contributed by atoms with E-state index in [-0.39, 0.29) is 11.5 Å². The van der Waals surface area contributed by atoms with Crippen LogP contribution in [0.1, 0.15) is 22.8 Å². The fraction of sp³-hybridized carbons (Fsp3) is 0.120. The third kappa shape index (κ3) is 4.25. The van der Waals surface area contributed by atoms with Crippen LogP contribution in [0.3, 0.4) is 0 Å². The Labute approximate surface area is 174 Å². The van der Waals surface area contributed by atoms with E-state index in [1.54, 1.807) is 37.4 Å². The Kier molecular flexibility index (Phi) is 5.61. The largest absolute Gasteiger partial charge is 0.497 e. The number of carbonyl (C=O) groups is 1. The number of rotatable bonds is 5. The van der Waals surface area contributed by atoms with Gasteiger partial charge in [-0.3, -0.25) is 4.79 Å². The molecular formula is C25H22N2O3. The van der Waals surface area contributed by atoms with Crippen LogP contribution in [0, 0.1) is 0 Å². The number of methoxy groups -OCH3 is 1. The van der Waals surface area contributed by atoms with Crippen LogP contribution in [0.4, 0.5) is 11.4 Å². The minimum absolute atomic E-state index is 0.271. The maximum Gasteiger partial charge on any atom is 0.261 e. The third-order valence-electron chi connectivity index (χ3n) is 4.80. The van der Waals surface area contributed by atoms with E-state index < -0.39 is 0 Å². The fourth-order valence-electron chi connectivity index (χ4n) is 3.15. The van der Waals surface area contributed by atoms with Crippen molar-refractivity contribution in [2.45, 2.75) is 13.3 Å². The van der Waals surface area contributed by atoms with Crippen LogP contribution < -0.4 is 15.6 Å². The monoisotopic (exact) mass is 398 g/mol. The first-order valence-corrected chi connectivity index (χ1v) is 9.78. The molecule has 0 fully saturated rings. The van der Waals surface area contributed by atoms with Crippen LogP contribution in [0.25, 0.3) is 11.0 Å². The van der Waals surface area contributed by atoms with E-state index in [1.807, 2.05) is 48.5 Å². The quantitative estimate of drug-likeness (QED) is 0.484. The van der Waals surface area contributed by atoms with Gasteiger partial charge in [0, 0.05) is 11.1 Å². The number of anilines is 1. The molecule has 3 aromatic carbocycles. The highest BCUT2D eigenvalue weighted by atomic mass is 16.5. The number of fused-ring (bicyclic) bond motifs is 1. The van der Waals surface area contributed by atoms with Gasteiger partial charge in [-0.1, -0.05) is 37.3 Å². The molecule has 4 aromatic rings. The molecule has 0 saturated carbocycles. The maximum absolute atomic E-state index is 13.1. The Morgan fingerprint density at radius 3 is 2.57 bits per heavy atom. The van der Waals surface area contributed by atoms with Crippen molar-refractivity contribution in [2.24, 2.45) is 4.99 Å². The molecule has 1 heterocycles. The highest BCUT2D eigenvalue weighted by molar-refractivity contribution is 6.05. The van der Waals surface area contributed by atoms with E-state index in [4.69, 9.17) is 9.15 Å². The number of nitrogens with one attached hydrogen (secondary N) is 1. The van der Waals surface area contributed by atoms with Gasteiger partial charge in [-0.25, -0.2) is 4.99 Å². The summed E-state index contributed by atoms with van der Waals surface area (Å²) in [6.45, 7) is 2.09. The molecule has 0 radical (unpaired) electrons. The molecule has 0 unspecified atom stereocenters. The maximum atomic E-state index is 13.1. The number of amides is 1. The van der Waals surface area contributed by atoms with Gasteiger partial charge in [-0.15, -0.1) is 0 Å². The van der Waals surface area contributed by atoms with Crippen molar-refractivity contribution in [3.8, 4) is 5.75 Å². The van der Waals surface area contributed by atoms with E-state index in [0.29, 0.717) is 16.8 Å². The lowest BCUT2D eigenvalue weighted by molar-refractivity contribution is 0.102. The number of aryl methyl sites for hydroxylation is 1. The van der Waals surface area contributed by atoms with Crippen molar-refractivity contribution < 1.29 is 13.9 Å². The Bertz CT molecular complexity index is 1260. The molecule has 0 saturated heterocycles. The normalized spacial score (nSPS) is 11.5. The van der Waals surface area contributed by atoms with E-state index in [0.717, 1.165) is 23.2 Å². The summed E-state index contributed by atoms with van der Waals surface area (Å²) in [5.41, 5.74) is 3.88. The van der Waals surface area contributed by atoms with E-state index in [2.05, 4.69) is 17.2 Å². The number of ether oxygens (including phenoxy) is 1. The SMILES string of the molecule is CCc1cccc(N=c2oc3ccccc3cc2C(=O)Nc2ccc(OC)cc2)c1. The molecule has 0 bridgehead atoms. The predicted octanol–water partition coefficient (Wildman–Crippen LogP) is 5.49. The second-order valence-corrected chi connectivity index (χ2v) is 6.82. The summed E-state index contributed by atoms with van der Waals surface area (Å²) >= 11 is 0. The van der Waals surface area contributed by atoms with Gasteiger partial charge in [0.15, 0.2) is 0 Å². The summed E-state index contributed by atoms with van der Waals surface area (Å²) < 4.78 is 11.2. The summed E-state index contributed by atoms with van der Waals surface area (Å²) in [5.74, 6) is 0.431. The standard InChI is InChI=1S/C25H22N2O3/c1-3-17-7-6-9-20(15-17)27-25-22(16-18-8-4-5-10-23(18)30-25)24(28)26-19-11-13-21(29-2)14-12-19/h4-16H,3H2,1-2H3,(H,26,28). The Morgan fingerprint density at radius 1 is 1.00 bits per heavy atom. The van der Waals surface area contributed by atoms with Gasteiger partial charge < -0.3 is 14.5 Å². The van der Waals surface area contributed by atoms with Gasteiger partial charge in [0.1, 0.15) is 16.9 Å². The second-order valence-electron chi connectivity index (χ2n) is 6.82. The number of carbonyl (C=O) groups excluding carboxylic acids is 1. The van der Waals surface area contributed by atoms with E-state index in [1.165, 1.54) is 5.56 Å². The lowest BCUT2D eigenvalue weighted by Crippen LogP contribution is -2.21. The zero-order valence-corrected chi connectivity index (χ0v) is 16.9. The molecule has 1 N–H and O–H groups in total. The molecule has 5 nitrogen and oxygen atoms in total. The van der Waals surface area contributed by atoms with Crippen molar-refractivity contribution >= 4 is 28.3 Å². The van der Waals surface area contributed by atoms with Crippen molar-refractivity contribution in [1.29, 1.82) is 0 Å². The van der Waals surface area contributed by atoms with Crippen molar-refractivity contribution in [2.75, 3.05) is 12.4 Å². The highest BCUT2D eigenvalue weighted by Gasteiger charge is 2.13. The van der Waals surface area contributed by atoms with E-state index in [9.17, 15) is 4.79 Å². The smallest absolute Gasteiger partial charge is 0.261 e. The van der Waals surface area contributed by atoms with Crippen LogP contribution >= 0.6 is 0 Å². The number of benzene rings is 3. The van der Waals surface area contributed by atoms with Gasteiger partial charge in [0.2, 0.25) is 5.55 Å². The van der Waals surface area contributed by atoms with Crippen molar-refractivity contribution in [3.05, 3.63) is 95.5 Å². The summed E-state index contributed by atoms with van der Waals surface area (Å²) in [6.07, 6.45) is 0.906. The second kappa shape index (κ2) is 8.66. The molecular weight excluding hydrogens is 376 g/mol. The lowest BCUT2D eigenvalue weighted by Gasteiger charge is -2.08. The van der Waals surface area contributed by atoms with Crippen molar-refractivity contribution in [3.63, 3.8) is 0 Å². The highest BCUT2D eigenvalue weighted by Crippen LogP contribution is 2.19. The number of hydrogen-bond acceptors (Lipinski definition) is 4. The van der Waals surface area contributed by atoms with Gasteiger partial charge >= 0.3 is 0 Å². The minimum Gasteiger partial charge on any atom is -0.497 e. The molecule has 5 heteroatoms. The van der Waals surface area contributed by atoms with Gasteiger partial charge in [0.05, 0.1) is 12.8 Å². The number of hydrogen-bond donors (Lipinski definition) is 1. The van der Waals surface area contributed by atoms with Crippen LogP contribution in [-0.2, 0) is 6.42 Å². The zero-order chi connectivity index (χ0) is 20.9. The average molecular weight is 398 g/mol. The molecule has 0 aliphatic carbocycles. The molecule has 4 rings (SSSR count). The lowest BCUT2D eigenvalue weighted by atomic mass is 10.1. The summed E-state index contributed by atoms with van der Waals surface area (Å²) in [5, 5.41) is 3.74. The van der Waals surface area contributed by atoms with Crippen LogP contribution in [0.2, 0.25) is 0 Å². The molecule has 1 amide bonds. The summed E-state index contributed by atoms with van der Waals surface area (Å²) in [6, 6.07) is 24.4. The number of nitrogens with zero attached hydrogens (tertiary/aromatic N) is 1. The molecule has 0 aliphatic rings. The summed E-state index contributed by atoms with van der Waals surface area (Å²) in [4.78, 5) is 17.7. The zero-order valence-electron chi connectivity index (χ0n) is 16.9. The minimum atomic E-state index is -0.292. The molecule has 0 spiro atoms. The first-order valence-electron chi connectivity index (χ1n) is 9.78. The molecule has 0 aliphatic heterocycles. The van der Waals surface area contributed by atoms with Crippen LogP contribution in [0.15, 0.2) is 88.3 Å². The fourth-order valence-corrected chi connectivity index (χ4v) is 3.15. The van der Waals surface area contributed by atoms with Crippen LogP contribution in [-0.4, -0.2) is 13.0 Å². The van der Waals surface area contributed by atoms with E-state index >= 15 is 0 Å². The molecule has 1 aromatic heterocycles. The molecule has 0 atom stereocenters. The summed E-state index contributed by atoms with van der Waals surface area (Å²) in [7, 11) is 1.60. The van der Waals surface area contributed by atoms with Gasteiger partial charge in [-0.05, 0) is 60.5 Å². The molecule has 30 heavy (non-hydrogen) atoms. The third-order valence-corrected chi connectivity index (χ3v) is 4.80. The Hall–Kier alpha value is -3.86. The first kappa shape index (κ1) is 19.5. The average Bonchev–Trinajstić information content (AvgIpc) is 2.79.